The van der Waals surface area contributed by atoms with Crippen LogP contribution in [0.1, 0.15) is 19.8 Å². The van der Waals surface area contributed by atoms with Gasteiger partial charge in [0, 0.05) is 39.9 Å². The van der Waals surface area contributed by atoms with Crippen LogP contribution in [0.5, 0.6) is 0 Å². The molecule has 1 saturated heterocycles. The minimum absolute atomic E-state index is 0. The Morgan fingerprint density at radius 1 is 1.45 bits per heavy atom. The second-order valence-corrected chi connectivity index (χ2v) is 5.17. The van der Waals surface area contributed by atoms with Gasteiger partial charge in [0.25, 0.3) is 0 Å². The minimum Gasteiger partial charge on any atom is -0.356 e. The number of carbonyl (C=O) groups is 1. The molecule has 1 fully saturated rings. The number of hydrogen-bond donors (Lipinski definition) is 1. The normalized spacial score (nSPS) is 15.8. The summed E-state index contributed by atoms with van der Waals surface area (Å²) in [4.78, 5) is 20.4. The Balaban J connectivity index is 0.00000242. The van der Waals surface area contributed by atoms with Gasteiger partial charge >= 0.3 is 0 Å². The van der Waals surface area contributed by atoms with Crippen molar-refractivity contribution in [2.24, 2.45) is 12.0 Å². The molecule has 0 unspecified atom stereocenters. The number of aliphatic imine (C=N–C) groups is 1. The van der Waals surface area contributed by atoms with Crippen molar-refractivity contribution in [1.29, 1.82) is 0 Å². The van der Waals surface area contributed by atoms with Crippen molar-refractivity contribution in [3.63, 3.8) is 0 Å². The van der Waals surface area contributed by atoms with E-state index in [1.54, 1.807) is 22.8 Å². The number of hydrogen-bond acceptors (Lipinski definition) is 3. The summed E-state index contributed by atoms with van der Waals surface area (Å²) in [5.74, 6) is 0.885. The molecule has 0 aliphatic carbocycles. The molecule has 2 heterocycles. The van der Waals surface area contributed by atoms with Crippen LogP contribution in [0.2, 0.25) is 0 Å². The van der Waals surface area contributed by atoms with E-state index in [-0.39, 0.29) is 29.9 Å². The van der Waals surface area contributed by atoms with Crippen molar-refractivity contribution in [3.8, 4) is 0 Å². The van der Waals surface area contributed by atoms with Gasteiger partial charge in [0.2, 0.25) is 5.91 Å². The SMILES string of the molecule is CCCCNC(=NC)N1CCN(c2cnn(C)c2)C(=O)C1.I. The van der Waals surface area contributed by atoms with E-state index >= 15 is 0 Å². The molecule has 0 spiro atoms. The molecule has 124 valence electrons. The molecule has 1 aromatic rings. The number of piperazine rings is 1. The number of guanidine groups is 1. The fraction of sp³-hybridized carbons (Fsp3) is 0.643. The van der Waals surface area contributed by atoms with Gasteiger partial charge in [-0.1, -0.05) is 13.3 Å². The summed E-state index contributed by atoms with van der Waals surface area (Å²) < 4.78 is 1.71. The van der Waals surface area contributed by atoms with Gasteiger partial charge in [-0.05, 0) is 6.42 Å². The smallest absolute Gasteiger partial charge is 0.246 e. The van der Waals surface area contributed by atoms with Crippen molar-refractivity contribution in [2.45, 2.75) is 19.8 Å². The average molecular weight is 420 g/mol. The Morgan fingerprint density at radius 3 is 2.77 bits per heavy atom. The molecule has 1 aliphatic rings. The Bertz CT molecular complexity index is 515. The zero-order valence-corrected chi connectivity index (χ0v) is 15.8. The summed E-state index contributed by atoms with van der Waals surface area (Å²) >= 11 is 0. The zero-order chi connectivity index (χ0) is 15.2. The summed E-state index contributed by atoms with van der Waals surface area (Å²) in [7, 11) is 3.61. The Morgan fingerprint density at radius 2 is 2.23 bits per heavy atom. The molecule has 1 aliphatic heterocycles. The predicted molar refractivity (Wildman–Crippen MR) is 98.8 cm³/mol. The monoisotopic (exact) mass is 420 g/mol. The number of aromatic nitrogens is 2. The minimum atomic E-state index is 0. The standard InChI is InChI=1S/C14H24N6O.HI/c1-4-5-6-16-14(15-2)19-7-8-20(13(21)11-19)12-9-17-18(3)10-12;/h9-10H,4-8,11H2,1-3H3,(H,15,16);1H. The number of carbonyl (C=O) groups excluding carboxylic acids is 1. The molecule has 1 N–H and O–H groups in total. The molecular weight excluding hydrogens is 395 g/mol. The highest BCUT2D eigenvalue weighted by molar-refractivity contribution is 14.0. The summed E-state index contributed by atoms with van der Waals surface area (Å²) in [5, 5.41) is 7.43. The third-order valence-corrected chi connectivity index (χ3v) is 3.55. The third-order valence-electron chi connectivity index (χ3n) is 3.55. The molecule has 0 atom stereocenters. The van der Waals surface area contributed by atoms with Crippen molar-refractivity contribution < 1.29 is 4.79 Å². The zero-order valence-electron chi connectivity index (χ0n) is 13.4. The van der Waals surface area contributed by atoms with Crippen LogP contribution in [0.3, 0.4) is 0 Å². The van der Waals surface area contributed by atoms with Crippen LogP contribution in [0.4, 0.5) is 5.69 Å². The molecule has 0 bridgehead atoms. The molecule has 0 aromatic carbocycles. The maximum absolute atomic E-state index is 12.3. The second-order valence-electron chi connectivity index (χ2n) is 5.17. The quantitative estimate of drug-likeness (QED) is 0.343. The van der Waals surface area contributed by atoms with Crippen LogP contribution < -0.4 is 10.2 Å². The van der Waals surface area contributed by atoms with Crippen molar-refractivity contribution >= 4 is 41.5 Å². The van der Waals surface area contributed by atoms with E-state index in [2.05, 4.69) is 22.3 Å². The molecule has 1 aromatic heterocycles. The van der Waals surface area contributed by atoms with Crippen molar-refractivity contribution in [3.05, 3.63) is 12.4 Å². The average Bonchev–Trinajstić information content (AvgIpc) is 2.90. The van der Waals surface area contributed by atoms with E-state index in [1.165, 1.54) is 0 Å². The van der Waals surface area contributed by atoms with E-state index in [4.69, 9.17) is 0 Å². The number of aryl methyl sites for hydroxylation is 1. The van der Waals surface area contributed by atoms with Crippen LogP contribution in [0.25, 0.3) is 0 Å². The highest BCUT2D eigenvalue weighted by Crippen LogP contribution is 2.15. The number of anilines is 1. The third kappa shape index (κ3) is 4.59. The van der Waals surface area contributed by atoms with E-state index in [9.17, 15) is 4.79 Å². The molecule has 0 saturated carbocycles. The molecule has 1 amide bonds. The Kier molecular flexibility index (Phi) is 7.63. The summed E-state index contributed by atoms with van der Waals surface area (Å²) in [6, 6.07) is 0. The number of nitrogens with zero attached hydrogens (tertiary/aromatic N) is 5. The molecule has 22 heavy (non-hydrogen) atoms. The number of amides is 1. The van der Waals surface area contributed by atoms with Crippen LogP contribution in [0, 0.1) is 0 Å². The first kappa shape index (κ1) is 18.7. The Labute approximate surface area is 148 Å². The fourth-order valence-corrected chi connectivity index (χ4v) is 2.38. The second kappa shape index (κ2) is 8.96. The molecule has 8 heteroatoms. The number of rotatable bonds is 4. The lowest BCUT2D eigenvalue weighted by Gasteiger charge is -2.35. The van der Waals surface area contributed by atoms with Crippen LogP contribution >= 0.6 is 24.0 Å². The highest BCUT2D eigenvalue weighted by atomic mass is 127. The molecule has 2 rings (SSSR count). The first-order valence-electron chi connectivity index (χ1n) is 7.40. The van der Waals surface area contributed by atoms with Gasteiger partial charge in [0.15, 0.2) is 5.96 Å². The van der Waals surface area contributed by atoms with Gasteiger partial charge < -0.3 is 15.1 Å². The van der Waals surface area contributed by atoms with E-state index in [0.717, 1.165) is 37.6 Å². The first-order chi connectivity index (χ1) is 10.2. The lowest BCUT2D eigenvalue weighted by atomic mass is 10.3. The van der Waals surface area contributed by atoms with E-state index in [0.29, 0.717) is 13.1 Å². The molecular formula is C14H25IN6O. The maximum atomic E-state index is 12.3. The first-order valence-corrected chi connectivity index (χ1v) is 7.40. The van der Waals surface area contributed by atoms with E-state index in [1.807, 2.05) is 18.1 Å². The highest BCUT2D eigenvalue weighted by Gasteiger charge is 2.27. The van der Waals surface area contributed by atoms with Gasteiger partial charge in [-0.25, -0.2) is 0 Å². The summed E-state index contributed by atoms with van der Waals surface area (Å²) in [6.07, 6.45) is 5.82. The summed E-state index contributed by atoms with van der Waals surface area (Å²) in [6.45, 7) is 4.81. The maximum Gasteiger partial charge on any atom is 0.246 e. The van der Waals surface area contributed by atoms with Crippen LogP contribution in [0.15, 0.2) is 17.4 Å². The van der Waals surface area contributed by atoms with Crippen LogP contribution in [-0.4, -0.2) is 59.8 Å². The van der Waals surface area contributed by atoms with Gasteiger partial charge in [-0.15, -0.1) is 24.0 Å². The molecule has 7 nitrogen and oxygen atoms in total. The predicted octanol–water partition coefficient (Wildman–Crippen LogP) is 1.06. The number of unbranched alkanes of at least 4 members (excludes halogenated alkanes) is 1. The lowest BCUT2D eigenvalue weighted by Crippen LogP contribution is -2.55. The summed E-state index contributed by atoms with van der Waals surface area (Å²) in [5.41, 5.74) is 0.857. The van der Waals surface area contributed by atoms with Crippen molar-refractivity contribution in [2.75, 3.05) is 38.1 Å². The van der Waals surface area contributed by atoms with E-state index < -0.39 is 0 Å². The lowest BCUT2D eigenvalue weighted by molar-refractivity contribution is -0.120. The fourth-order valence-electron chi connectivity index (χ4n) is 2.38. The van der Waals surface area contributed by atoms with Gasteiger partial charge in [-0.2, -0.15) is 5.10 Å². The topological polar surface area (TPSA) is 65.8 Å². The number of nitrogens with one attached hydrogen (secondary N) is 1. The molecule has 0 radical (unpaired) electrons. The van der Waals surface area contributed by atoms with Gasteiger partial charge in [0.05, 0.1) is 11.9 Å². The van der Waals surface area contributed by atoms with Gasteiger partial charge in [-0.3, -0.25) is 14.5 Å². The van der Waals surface area contributed by atoms with Gasteiger partial charge in [0.1, 0.15) is 6.54 Å². The van der Waals surface area contributed by atoms with Crippen molar-refractivity contribution in [1.82, 2.24) is 20.0 Å². The van der Waals surface area contributed by atoms with Crippen LogP contribution in [-0.2, 0) is 11.8 Å². The largest absolute Gasteiger partial charge is 0.356 e. The Hall–Kier alpha value is -1.32. The number of halogens is 1.